The highest BCUT2D eigenvalue weighted by atomic mass is 16.6. The molecule has 0 atom stereocenters. The molecule has 6 nitrogen and oxygen atoms in total. The van der Waals surface area contributed by atoms with Crippen LogP contribution >= 0.6 is 0 Å². The standard InChI is InChI=1S/C20H14N4O2/c25-24(26)18-13-11-17(12-14-18)23-19(15-7-3-1-4-8-15)21-22-20(23)16-9-5-2-6-10-16/h1-14H. The van der Waals surface area contributed by atoms with Crippen molar-refractivity contribution in [3.05, 3.63) is 95.0 Å². The van der Waals surface area contributed by atoms with Gasteiger partial charge in [-0.1, -0.05) is 60.7 Å². The van der Waals surface area contributed by atoms with Gasteiger partial charge in [-0.25, -0.2) is 0 Å². The van der Waals surface area contributed by atoms with E-state index in [1.807, 2.05) is 65.2 Å². The zero-order chi connectivity index (χ0) is 17.9. The second-order valence-electron chi connectivity index (χ2n) is 5.69. The van der Waals surface area contributed by atoms with E-state index in [0.717, 1.165) is 16.8 Å². The highest BCUT2D eigenvalue weighted by molar-refractivity contribution is 5.66. The summed E-state index contributed by atoms with van der Waals surface area (Å²) in [5.74, 6) is 1.36. The first-order valence-electron chi connectivity index (χ1n) is 8.05. The predicted molar refractivity (Wildman–Crippen MR) is 98.9 cm³/mol. The second-order valence-corrected chi connectivity index (χ2v) is 5.69. The van der Waals surface area contributed by atoms with E-state index in [-0.39, 0.29) is 5.69 Å². The monoisotopic (exact) mass is 342 g/mol. The first-order chi connectivity index (χ1) is 12.7. The van der Waals surface area contributed by atoms with E-state index in [4.69, 9.17) is 0 Å². The van der Waals surface area contributed by atoms with Gasteiger partial charge in [0.25, 0.3) is 5.69 Å². The minimum Gasteiger partial charge on any atom is -0.275 e. The molecule has 0 amide bonds. The Labute approximate surface area is 149 Å². The first-order valence-corrected chi connectivity index (χ1v) is 8.05. The van der Waals surface area contributed by atoms with Crippen molar-refractivity contribution in [3.63, 3.8) is 0 Å². The van der Waals surface area contributed by atoms with Crippen LogP contribution in [0.2, 0.25) is 0 Å². The molecule has 0 aliphatic rings. The summed E-state index contributed by atoms with van der Waals surface area (Å²) >= 11 is 0. The Balaban J connectivity index is 1.92. The van der Waals surface area contributed by atoms with Gasteiger partial charge >= 0.3 is 0 Å². The van der Waals surface area contributed by atoms with E-state index in [0.29, 0.717) is 11.6 Å². The van der Waals surface area contributed by atoms with Crippen LogP contribution in [-0.4, -0.2) is 19.7 Å². The number of nitro groups is 1. The molecule has 0 unspecified atom stereocenters. The lowest BCUT2D eigenvalue weighted by molar-refractivity contribution is -0.384. The summed E-state index contributed by atoms with van der Waals surface area (Å²) in [6.45, 7) is 0. The molecule has 0 saturated carbocycles. The van der Waals surface area contributed by atoms with Crippen molar-refractivity contribution in [1.82, 2.24) is 14.8 Å². The van der Waals surface area contributed by atoms with Gasteiger partial charge in [0, 0.05) is 28.9 Å². The average Bonchev–Trinajstić information content (AvgIpc) is 3.14. The molecular weight excluding hydrogens is 328 g/mol. The highest BCUT2D eigenvalue weighted by Crippen LogP contribution is 2.29. The van der Waals surface area contributed by atoms with Crippen molar-refractivity contribution in [2.45, 2.75) is 0 Å². The summed E-state index contributed by atoms with van der Waals surface area (Å²) in [5.41, 5.74) is 2.64. The van der Waals surface area contributed by atoms with E-state index in [2.05, 4.69) is 10.2 Å². The van der Waals surface area contributed by atoms with E-state index in [9.17, 15) is 10.1 Å². The number of rotatable bonds is 4. The summed E-state index contributed by atoms with van der Waals surface area (Å²) in [6, 6.07) is 25.8. The highest BCUT2D eigenvalue weighted by Gasteiger charge is 2.17. The molecule has 4 rings (SSSR count). The van der Waals surface area contributed by atoms with Gasteiger partial charge in [0.15, 0.2) is 11.6 Å². The van der Waals surface area contributed by atoms with E-state index >= 15 is 0 Å². The molecule has 1 aromatic heterocycles. The van der Waals surface area contributed by atoms with Crippen LogP contribution in [0, 0.1) is 10.1 Å². The van der Waals surface area contributed by atoms with Gasteiger partial charge < -0.3 is 0 Å². The third kappa shape index (κ3) is 2.84. The van der Waals surface area contributed by atoms with Crippen molar-refractivity contribution in [2.75, 3.05) is 0 Å². The first kappa shape index (κ1) is 15.7. The van der Waals surface area contributed by atoms with E-state index < -0.39 is 4.92 Å². The molecule has 0 spiro atoms. The van der Waals surface area contributed by atoms with Crippen molar-refractivity contribution in [1.29, 1.82) is 0 Å². The van der Waals surface area contributed by atoms with Crippen molar-refractivity contribution >= 4 is 5.69 Å². The average molecular weight is 342 g/mol. The lowest BCUT2D eigenvalue weighted by Crippen LogP contribution is -2.00. The van der Waals surface area contributed by atoms with Crippen molar-refractivity contribution in [3.8, 4) is 28.5 Å². The number of nitro benzene ring substituents is 1. The number of hydrogen-bond acceptors (Lipinski definition) is 4. The molecule has 0 bridgehead atoms. The molecule has 3 aromatic carbocycles. The maximum atomic E-state index is 10.9. The topological polar surface area (TPSA) is 73.8 Å². The van der Waals surface area contributed by atoms with E-state index in [1.54, 1.807) is 12.1 Å². The van der Waals surface area contributed by atoms with Gasteiger partial charge in [-0.3, -0.25) is 14.7 Å². The van der Waals surface area contributed by atoms with Gasteiger partial charge in [-0.15, -0.1) is 10.2 Å². The van der Waals surface area contributed by atoms with E-state index in [1.165, 1.54) is 12.1 Å². The van der Waals surface area contributed by atoms with Crippen LogP contribution in [0.3, 0.4) is 0 Å². The molecule has 6 heteroatoms. The third-order valence-electron chi connectivity index (χ3n) is 4.05. The number of non-ortho nitro benzene ring substituents is 1. The summed E-state index contributed by atoms with van der Waals surface area (Å²) in [4.78, 5) is 10.5. The van der Waals surface area contributed by atoms with Gasteiger partial charge in [0.2, 0.25) is 0 Å². The number of nitrogens with zero attached hydrogens (tertiary/aromatic N) is 4. The Kier molecular flexibility index (Phi) is 3.99. The molecule has 0 aliphatic heterocycles. The Bertz CT molecular complexity index is 985. The van der Waals surface area contributed by atoms with Crippen LogP contribution in [0.5, 0.6) is 0 Å². The Morgan fingerprint density at radius 3 is 1.58 bits per heavy atom. The molecule has 26 heavy (non-hydrogen) atoms. The molecule has 4 aromatic rings. The zero-order valence-electron chi connectivity index (χ0n) is 13.7. The smallest absolute Gasteiger partial charge is 0.269 e. The molecule has 1 heterocycles. The van der Waals surface area contributed by atoms with Crippen LogP contribution in [0.1, 0.15) is 0 Å². The van der Waals surface area contributed by atoms with Crippen molar-refractivity contribution < 1.29 is 4.92 Å². The lowest BCUT2D eigenvalue weighted by Gasteiger charge is -2.10. The zero-order valence-corrected chi connectivity index (χ0v) is 13.7. The normalized spacial score (nSPS) is 10.6. The molecular formula is C20H14N4O2. The largest absolute Gasteiger partial charge is 0.275 e. The van der Waals surface area contributed by atoms with Crippen LogP contribution < -0.4 is 0 Å². The molecule has 126 valence electrons. The molecule has 0 saturated heterocycles. The van der Waals surface area contributed by atoms with Gasteiger partial charge in [0.05, 0.1) is 4.92 Å². The molecule has 0 fully saturated rings. The number of hydrogen-bond donors (Lipinski definition) is 0. The number of aromatic nitrogens is 3. The Morgan fingerprint density at radius 2 is 1.15 bits per heavy atom. The van der Waals surface area contributed by atoms with Gasteiger partial charge in [-0.05, 0) is 12.1 Å². The second kappa shape index (κ2) is 6.60. The van der Waals surface area contributed by atoms with Crippen LogP contribution in [0.15, 0.2) is 84.9 Å². The predicted octanol–water partition coefficient (Wildman–Crippen LogP) is 4.51. The molecule has 0 N–H and O–H groups in total. The van der Waals surface area contributed by atoms with Gasteiger partial charge in [0.1, 0.15) is 0 Å². The summed E-state index contributed by atoms with van der Waals surface area (Å²) < 4.78 is 1.91. The minimum absolute atomic E-state index is 0.0457. The Morgan fingerprint density at radius 1 is 0.692 bits per heavy atom. The quantitative estimate of drug-likeness (QED) is 0.404. The van der Waals surface area contributed by atoms with Crippen molar-refractivity contribution in [2.24, 2.45) is 0 Å². The Hall–Kier alpha value is -3.80. The summed E-state index contributed by atoms with van der Waals surface area (Å²) in [7, 11) is 0. The maximum Gasteiger partial charge on any atom is 0.269 e. The molecule has 0 aliphatic carbocycles. The van der Waals surface area contributed by atoms with Crippen LogP contribution in [-0.2, 0) is 0 Å². The van der Waals surface area contributed by atoms with Crippen LogP contribution in [0.4, 0.5) is 5.69 Å². The fraction of sp³-hybridized carbons (Fsp3) is 0. The fourth-order valence-electron chi connectivity index (χ4n) is 2.80. The SMILES string of the molecule is O=[N+]([O-])c1ccc(-n2c(-c3ccccc3)nnc2-c2ccccc2)cc1. The summed E-state index contributed by atoms with van der Waals surface area (Å²) in [6.07, 6.45) is 0. The molecule has 0 radical (unpaired) electrons. The maximum absolute atomic E-state index is 10.9. The van der Waals surface area contributed by atoms with Gasteiger partial charge in [-0.2, -0.15) is 0 Å². The minimum atomic E-state index is -0.411. The fourth-order valence-corrected chi connectivity index (χ4v) is 2.80. The van der Waals surface area contributed by atoms with Crippen LogP contribution in [0.25, 0.3) is 28.5 Å². The third-order valence-corrected chi connectivity index (χ3v) is 4.05. The number of benzene rings is 3. The lowest BCUT2D eigenvalue weighted by atomic mass is 10.1. The summed E-state index contributed by atoms with van der Waals surface area (Å²) in [5, 5.41) is 19.7.